The SMILES string of the molecule is CCCCCCCCCCCCC(C(C)=O)C(=O)OC(C)C. The number of rotatable bonds is 14. The van der Waals surface area contributed by atoms with Crippen LogP contribution in [0.15, 0.2) is 0 Å². The van der Waals surface area contributed by atoms with Crippen LogP contribution in [0.25, 0.3) is 0 Å². The van der Waals surface area contributed by atoms with Gasteiger partial charge in [0, 0.05) is 0 Å². The summed E-state index contributed by atoms with van der Waals surface area (Å²) < 4.78 is 5.16. The molecule has 1 unspecified atom stereocenters. The summed E-state index contributed by atoms with van der Waals surface area (Å²) in [4.78, 5) is 23.4. The van der Waals surface area contributed by atoms with Crippen LogP contribution in [0.1, 0.15) is 98.3 Å². The lowest BCUT2D eigenvalue weighted by Crippen LogP contribution is -2.26. The maximum atomic E-state index is 11.8. The van der Waals surface area contributed by atoms with Crippen molar-refractivity contribution in [2.45, 2.75) is 104 Å². The highest BCUT2D eigenvalue weighted by molar-refractivity contribution is 5.97. The summed E-state index contributed by atoms with van der Waals surface area (Å²) in [5.41, 5.74) is 0. The largest absolute Gasteiger partial charge is 0.462 e. The average molecular weight is 312 g/mol. The lowest BCUT2D eigenvalue weighted by molar-refractivity contribution is -0.155. The molecule has 0 bridgehead atoms. The van der Waals surface area contributed by atoms with Crippen LogP contribution in [0.3, 0.4) is 0 Å². The lowest BCUT2D eigenvalue weighted by Gasteiger charge is -2.15. The number of ketones is 1. The third-order valence-corrected chi connectivity index (χ3v) is 3.97. The molecule has 0 aliphatic carbocycles. The van der Waals surface area contributed by atoms with E-state index in [4.69, 9.17) is 4.74 Å². The Morgan fingerprint density at radius 2 is 1.27 bits per heavy atom. The Hall–Kier alpha value is -0.860. The Labute approximate surface area is 137 Å². The van der Waals surface area contributed by atoms with Crippen LogP contribution in [0, 0.1) is 5.92 Å². The predicted octanol–water partition coefficient (Wildman–Crippen LogP) is 5.45. The van der Waals surface area contributed by atoms with Gasteiger partial charge in [0.2, 0.25) is 0 Å². The molecule has 0 radical (unpaired) electrons. The first-order valence-corrected chi connectivity index (χ1v) is 9.20. The van der Waals surface area contributed by atoms with Gasteiger partial charge < -0.3 is 4.74 Å². The van der Waals surface area contributed by atoms with Crippen molar-refractivity contribution in [2.75, 3.05) is 0 Å². The van der Waals surface area contributed by atoms with Crippen molar-refractivity contribution in [1.29, 1.82) is 0 Å². The Balaban J connectivity index is 3.65. The zero-order valence-corrected chi connectivity index (χ0v) is 15.2. The molecule has 22 heavy (non-hydrogen) atoms. The second-order valence-electron chi connectivity index (χ2n) is 6.62. The Morgan fingerprint density at radius 1 is 0.818 bits per heavy atom. The first-order chi connectivity index (χ1) is 10.5. The molecule has 0 heterocycles. The molecule has 0 aromatic heterocycles. The highest BCUT2D eigenvalue weighted by Gasteiger charge is 2.24. The van der Waals surface area contributed by atoms with E-state index in [1.165, 1.54) is 58.3 Å². The van der Waals surface area contributed by atoms with Crippen LogP contribution < -0.4 is 0 Å². The highest BCUT2D eigenvalue weighted by Crippen LogP contribution is 2.16. The maximum absolute atomic E-state index is 11.8. The van der Waals surface area contributed by atoms with Crippen molar-refractivity contribution in [1.82, 2.24) is 0 Å². The van der Waals surface area contributed by atoms with Gasteiger partial charge in [-0.05, 0) is 27.2 Å². The van der Waals surface area contributed by atoms with Crippen molar-refractivity contribution in [3.8, 4) is 0 Å². The van der Waals surface area contributed by atoms with E-state index in [2.05, 4.69) is 6.92 Å². The van der Waals surface area contributed by atoms with Gasteiger partial charge in [-0.3, -0.25) is 9.59 Å². The Kier molecular flexibility index (Phi) is 13.2. The van der Waals surface area contributed by atoms with Crippen LogP contribution in [0.2, 0.25) is 0 Å². The van der Waals surface area contributed by atoms with Gasteiger partial charge in [0.25, 0.3) is 0 Å². The number of ether oxygens (including phenoxy) is 1. The van der Waals surface area contributed by atoms with Crippen LogP contribution in [-0.4, -0.2) is 17.9 Å². The standard InChI is InChI=1S/C19H36O3/c1-5-6-7-8-9-10-11-12-13-14-15-18(17(4)20)19(21)22-16(2)3/h16,18H,5-15H2,1-4H3. The summed E-state index contributed by atoms with van der Waals surface area (Å²) in [6, 6.07) is 0. The maximum Gasteiger partial charge on any atom is 0.316 e. The molecule has 0 fully saturated rings. The third-order valence-electron chi connectivity index (χ3n) is 3.97. The molecule has 0 N–H and O–H groups in total. The smallest absolute Gasteiger partial charge is 0.316 e. The quantitative estimate of drug-likeness (QED) is 0.243. The van der Waals surface area contributed by atoms with E-state index in [0.717, 1.165) is 12.8 Å². The highest BCUT2D eigenvalue weighted by atomic mass is 16.5. The van der Waals surface area contributed by atoms with Crippen LogP contribution in [0.4, 0.5) is 0 Å². The first kappa shape index (κ1) is 21.1. The molecule has 0 amide bonds. The van der Waals surface area contributed by atoms with E-state index in [9.17, 15) is 9.59 Å². The fraction of sp³-hybridized carbons (Fsp3) is 0.895. The fourth-order valence-corrected chi connectivity index (χ4v) is 2.64. The van der Waals surface area contributed by atoms with Crippen molar-refractivity contribution < 1.29 is 14.3 Å². The number of unbranched alkanes of at least 4 members (excludes halogenated alkanes) is 9. The molecule has 0 aromatic carbocycles. The van der Waals surface area contributed by atoms with Gasteiger partial charge in [-0.1, -0.05) is 71.1 Å². The zero-order chi connectivity index (χ0) is 16.8. The van der Waals surface area contributed by atoms with Crippen molar-refractivity contribution in [3.05, 3.63) is 0 Å². The van der Waals surface area contributed by atoms with Crippen LogP contribution in [-0.2, 0) is 14.3 Å². The molecular formula is C19H36O3. The van der Waals surface area contributed by atoms with E-state index in [-0.39, 0.29) is 17.9 Å². The van der Waals surface area contributed by atoms with E-state index >= 15 is 0 Å². The predicted molar refractivity (Wildman–Crippen MR) is 91.9 cm³/mol. The number of hydrogen-bond acceptors (Lipinski definition) is 3. The van der Waals surface area contributed by atoms with Gasteiger partial charge in [-0.15, -0.1) is 0 Å². The normalized spacial score (nSPS) is 12.4. The molecule has 0 saturated heterocycles. The summed E-state index contributed by atoms with van der Waals surface area (Å²) in [7, 11) is 0. The Morgan fingerprint density at radius 3 is 1.68 bits per heavy atom. The second kappa shape index (κ2) is 13.8. The average Bonchev–Trinajstić information content (AvgIpc) is 2.43. The first-order valence-electron chi connectivity index (χ1n) is 9.20. The molecule has 0 rings (SSSR count). The second-order valence-corrected chi connectivity index (χ2v) is 6.62. The van der Waals surface area contributed by atoms with Gasteiger partial charge in [0.05, 0.1) is 6.10 Å². The van der Waals surface area contributed by atoms with Gasteiger partial charge in [-0.2, -0.15) is 0 Å². The molecule has 0 aromatic rings. The zero-order valence-electron chi connectivity index (χ0n) is 15.2. The summed E-state index contributed by atoms with van der Waals surface area (Å²) in [6.07, 6.45) is 13.1. The summed E-state index contributed by atoms with van der Waals surface area (Å²) in [5, 5.41) is 0. The number of Topliss-reactive ketones (excluding diaryl/α,β-unsaturated/α-hetero) is 1. The summed E-state index contributed by atoms with van der Waals surface area (Å²) in [6.45, 7) is 7.36. The molecule has 3 nitrogen and oxygen atoms in total. The summed E-state index contributed by atoms with van der Waals surface area (Å²) >= 11 is 0. The van der Waals surface area contributed by atoms with E-state index in [0.29, 0.717) is 6.42 Å². The molecule has 0 aliphatic heterocycles. The van der Waals surface area contributed by atoms with Gasteiger partial charge in [0.1, 0.15) is 11.7 Å². The van der Waals surface area contributed by atoms with Crippen LogP contribution in [0.5, 0.6) is 0 Å². The number of carbonyl (C=O) groups is 2. The van der Waals surface area contributed by atoms with Gasteiger partial charge in [0.15, 0.2) is 0 Å². The molecule has 1 atom stereocenters. The molecular weight excluding hydrogens is 276 g/mol. The van der Waals surface area contributed by atoms with Crippen molar-refractivity contribution in [3.63, 3.8) is 0 Å². The Bertz CT molecular complexity index is 297. The summed E-state index contributed by atoms with van der Waals surface area (Å²) in [5.74, 6) is -0.976. The monoisotopic (exact) mass is 312 g/mol. The topological polar surface area (TPSA) is 43.4 Å². The molecule has 130 valence electrons. The molecule has 0 spiro atoms. The number of esters is 1. The lowest BCUT2D eigenvalue weighted by atomic mass is 9.97. The molecule has 0 aliphatic rings. The third kappa shape index (κ3) is 11.8. The van der Waals surface area contributed by atoms with E-state index in [1.54, 1.807) is 0 Å². The van der Waals surface area contributed by atoms with Gasteiger partial charge in [-0.25, -0.2) is 0 Å². The molecule has 3 heteroatoms. The minimum atomic E-state index is -0.559. The minimum Gasteiger partial charge on any atom is -0.462 e. The van der Waals surface area contributed by atoms with Crippen LogP contribution >= 0.6 is 0 Å². The van der Waals surface area contributed by atoms with Crippen molar-refractivity contribution >= 4 is 11.8 Å². The van der Waals surface area contributed by atoms with Gasteiger partial charge >= 0.3 is 5.97 Å². The number of carbonyl (C=O) groups excluding carboxylic acids is 2. The minimum absolute atomic E-state index is 0.0680. The molecule has 0 saturated carbocycles. The van der Waals surface area contributed by atoms with E-state index < -0.39 is 5.92 Å². The van der Waals surface area contributed by atoms with Crippen molar-refractivity contribution in [2.24, 2.45) is 5.92 Å². The fourth-order valence-electron chi connectivity index (χ4n) is 2.64. The van der Waals surface area contributed by atoms with E-state index in [1.807, 2.05) is 13.8 Å². The number of hydrogen-bond donors (Lipinski definition) is 0.